The third-order valence-corrected chi connectivity index (χ3v) is 2.53. The van der Waals surface area contributed by atoms with Gasteiger partial charge in [-0.15, -0.1) is 0 Å². The van der Waals surface area contributed by atoms with Gasteiger partial charge < -0.3 is 10.5 Å². The molecule has 2 N–H and O–H groups in total. The molecule has 0 atom stereocenters. The number of hydrogen-bond acceptors (Lipinski definition) is 3. The van der Waals surface area contributed by atoms with Gasteiger partial charge in [-0.3, -0.25) is 4.79 Å². The lowest BCUT2D eigenvalue weighted by atomic mass is 10.3. The van der Waals surface area contributed by atoms with E-state index < -0.39 is 5.91 Å². The van der Waals surface area contributed by atoms with Gasteiger partial charge in [-0.2, -0.15) is 0 Å². The van der Waals surface area contributed by atoms with Gasteiger partial charge in [0.1, 0.15) is 5.75 Å². The van der Waals surface area contributed by atoms with E-state index in [1.807, 2.05) is 24.3 Å². The summed E-state index contributed by atoms with van der Waals surface area (Å²) in [6.07, 6.45) is 1.38. The van der Waals surface area contributed by atoms with Crippen LogP contribution in [0, 0.1) is 0 Å². The highest BCUT2D eigenvalue weighted by Crippen LogP contribution is 2.22. The van der Waals surface area contributed by atoms with E-state index in [1.54, 1.807) is 12.1 Å². The maximum atomic E-state index is 10.9. The number of nitrogens with zero attached hydrogens (tertiary/aromatic N) is 1. The molecule has 1 aromatic carbocycles. The molecule has 0 radical (unpaired) electrons. The minimum Gasteiger partial charge on any atom is -0.439 e. The summed E-state index contributed by atoms with van der Waals surface area (Å²) < 4.78 is 6.42. The van der Waals surface area contributed by atoms with Gasteiger partial charge in [0.15, 0.2) is 0 Å². The molecule has 4 nitrogen and oxygen atoms in total. The first-order valence-electron chi connectivity index (χ1n) is 4.84. The van der Waals surface area contributed by atoms with E-state index in [-0.39, 0.29) is 0 Å². The van der Waals surface area contributed by atoms with Crippen LogP contribution < -0.4 is 10.5 Å². The lowest BCUT2D eigenvalue weighted by molar-refractivity contribution is 0.1000. The molecule has 0 aliphatic rings. The average Bonchev–Trinajstić information content (AvgIpc) is 2.29. The van der Waals surface area contributed by atoms with Crippen molar-refractivity contribution in [3.05, 3.63) is 52.6 Å². The molecule has 5 heteroatoms. The zero-order valence-electron chi connectivity index (χ0n) is 8.76. The lowest BCUT2D eigenvalue weighted by Gasteiger charge is -2.04. The third-order valence-electron chi connectivity index (χ3n) is 2.04. The Bertz CT molecular complexity index is 540. The minimum absolute atomic E-state index is 0.353. The van der Waals surface area contributed by atoms with Crippen LogP contribution in [0.25, 0.3) is 0 Å². The molecule has 86 valence electrons. The summed E-state index contributed by atoms with van der Waals surface area (Å²) in [6.45, 7) is 0. The summed E-state index contributed by atoms with van der Waals surface area (Å²) in [4.78, 5) is 14.8. The van der Waals surface area contributed by atoms with Gasteiger partial charge in [0, 0.05) is 16.7 Å². The Balaban J connectivity index is 2.16. The van der Waals surface area contributed by atoms with Crippen LogP contribution in [0.3, 0.4) is 0 Å². The molecule has 1 heterocycles. The minimum atomic E-state index is -0.508. The van der Waals surface area contributed by atoms with Crippen LogP contribution in [0.4, 0.5) is 0 Å². The molecule has 0 saturated carbocycles. The van der Waals surface area contributed by atoms with Crippen molar-refractivity contribution in [2.75, 3.05) is 0 Å². The molecule has 0 aliphatic carbocycles. The second-order valence-electron chi connectivity index (χ2n) is 3.31. The number of carbonyl (C=O) groups excluding carboxylic acids is 1. The van der Waals surface area contributed by atoms with Crippen LogP contribution in [-0.4, -0.2) is 10.9 Å². The maximum absolute atomic E-state index is 10.9. The van der Waals surface area contributed by atoms with Crippen molar-refractivity contribution in [2.45, 2.75) is 0 Å². The Morgan fingerprint density at radius 3 is 2.71 bits per heavy atom. The van der Waals surface area contributed by atoms with E-state index in [0.29, 0.717) is 17.2 Å². The van der Waals surface area contributed by atoms with E-state index in [1.165, 1.54) is 6.20 Å². The van der Waals surface area contributed by atoms with Gasteiger partial charge in [-0.25, -0.2) is 4.98 Å². The Kier molecular flexibility index (Phi) is 3.39. The highest BCUT2D eigenvalue weighted by Gasteiger charge is 2.02. The van der Waals surface area contributed by atoms with Crippen molar-refractivity contribution in [3.8, 4) is 11.6 Å². The van der Waals surface area contributed by atoms with Crippen LogP contribution in [0.1, 0.15) is 10.4 Å². The number of nitrogens with two attached hydrogens (primary N) is 1. The van der Waals surface area contributed by atoms with Crippen LogP contribution in [0.5, 0.6) is 11.6 Å². The number of benzene rings is 1. The van der Waals surface area contributed by atoms with Gasteiger partial charge in [0.2, 0.25) is 11.8 Å². The quantitative estimate of drug-likeness (QED) is 0.946. The van der Waals surface area contributed by atoms with Gasteiger partial charge in [-0.1, -0.05) is 22.0 Å². The molecule has 0 spiro atoms. The number of halogens is 1. The van der Waals surface area contributed by atoms with E-state index in [9.17, 15) is 4.79 Å². The molecular weight excluding hydrogens is 284 g/mol. The van der Waals surface area contributed by atoms with Crippen molar-refractivity contribution in [1.82, 2.24) is 4.98 Å². The number of rotatable bonds is 3. The van der Waals surface area contributed by atoms with Crippen LogP contribution in [0.2, 0.25) is 0 Å². The van der Waals surface area contributed by atoms with Gasteiger partial charge >= 0.3 is 0 Å². The molecule has 17 heavy (non-hydrogen) atoms. The van der Waals surface area contributed by atoms with Gasteiger partial charge in [0.25, 0.3) is 0 Å². The summed E-state index contributed by atoms with van der Waals surface area (Å²) in [5.74, 6) is 0.568. The van der Waals surface area contributed by atoms with Gasteiger partial charge in [-0.05, 0) is 24.3 Å². The van der Waals surface area contributed by atoms with E-state index in [4.69, 9.17) is 10.5 Å². The standard InChI is InChI=1S/C12H9BrN2O2/c13-9-2-1-3-10(6-9)17-11-5-4-8(7-15-11)12(14)16/h1-7H,(H2,14,16). The number of pyridine rings is 1. The Hall–Kier alpha value is -1.88. The summed E-state index contributed by atoms with van der Waals surface area (Å²) in [5, 5.41) is 0. The lowest BCUT2D eigenvalue weighted by Crippen LogP contribution is -2.10. The molecule has 0 fully saturated rings. The Morgan fingerprint density at radius 2 is 2.12 bits per heavy atom. The second-order valence-corrected chi connectivity index (χ2v) is 4.22. The number of aromatic nitrogens is 1. The fourth-order valence-electron chi connectivity index (χ4n) is 1.24. The summed E-state index contributed by atoms with van der Waals surface area (Å²) in [6, 6.07) is 10.6. The van der Waals surface area contributed by atoms with Crippen molar-refractivity contribution in [3.63, 3.8) is 0 Å². The SMILES string of the molecule is NC(=O)c1ccc(Oc2cccc(Br)c2)nc1. The van der Waals surface area contributed by atoms with Gasteiger partial charge in [0.05, 0.1) is 5.56 Å². The first kappa shape index (κ1) is 11.6. The largest absolute Gasteiger partial charge is 0.439 e. The molecular formula is C12H9BrN2O2. The number of primary amides is 1. The smallest absolute Gasteiger partial charge is 0.250 e. The van der Waals surface area contributed by atoms with E-state index in [0.717, 1.165) is 4.47 Å². The number of carbonyl (C=O) groups is 1. The highest BCUT2D eigenvalue weighted by atomic mass is 79.9. The zero-order chi connectivity index (χ0) is 12.3. The van der Waals surface area contributed by atoms with E-state index >= 15 is 0 Å². The van der Waals surface area contributed by atoms with Crippen molar-refractivity contribution in [2.24, 2.45) is 5.73 Å². The molecule has 1 amide bonds. The molecule has 2 aromatic rings. The maximum Gasteiger partial charge on any atom is 0.250 e. The summed E-state index contributed by atoms with van der Waals surface area (Å²) in [7, 11) is 0. The summed E-state index contributed by atoms with van der Waals surface area (Å²) >= 11 is 3.34. The fourth-order valence-corrected chi connectivity index (χ4v) is 1.62. The first-order chi connectivity index (χ1) is 8.15. The van der Waals surface area contributed by atoms with Crippen molar-refractivity contribution >= 4 is 21.8 Å². The predicted molar refractivity (Wildman–Crippen MR) is 67.0 cm³/mol. The molecule has 0 aliphatic heterocycles. The number of ether oxygens (including phenoxy) is 1. The van der Waals surface area contributed by atoms with Crippen LogP contribution in [-0.2, 0) is 0 Å². The zero-order valence-corrected chi connectivity index (χ0v) is 10.3. The Labute approximate surface area is 107 Å². The fraction of sp³-hybridized carbons (Fsp3) is 0. The predicted octanol–water partition coefficient (Wildman–Crippen LogP) is 2.74. The third kappa shape index (κ3) is 3.04. The van der Waals surface area contributed by atoms with Crippen LogP contribution >= 0.6 is 15.9 Å². The number of amides is 1. The average molecular weight is 293 g/mol. The van der Waals surface area contributed by atoms with Crippen molar-refractivity contribution < 1.29 is 9.53 Å². The topological polar surface area (TPSA) is 65.2 Å². The number of hydrogen-bond donors (Lipinski definition) is 1. The second kappa shape index (κ2) is 4.97. The van der Waals surface area contributed by atoms with Crippen LogP contribution in [0.15, 0.2) is 47.1 Å². The molecule has 1 aromatic heterocycles. The normalized spacial score (nSPS) is 9.94. The Morgan fingerprint density at radius 1 is 1.29 bits per heavy atom. The molecule has 2 rings (SSSR count). The first-order valence-corrected chi connectivity index (χ1v) is 5.64. The molecule has 0 saturated heterocycles. The summed E-state index contributed by atoms with van der Waals surface area (Å²) in [5.41, 5.74) is 5.46. The monoisotopic (exact) mass is 292 g/mol. The van der Waals surface area contributed by atoms with Crippen molar-refractivity contribution in [1.29, 1.82) is 0 Å². The highest BCUT2D eigenvalue weighted by molar-refractivity contribution is 9.10. The van der Waals surface area contributed by atoms with E-state index in [2.05, 4.69) is 20.9 Å². The molecule has 0 unspecified atom stereocenters. The molecule has 0 bridgehead atoms.